The number of rotatable bonds is 10. The molecule has 1 aromatic carbocycles. The van der Waals surface area contributed by atoms with Gasteiger partial charge in [0.05, 0.1) is 28.9 Å². The second kappa shape index (κ2) is 10.2. The van der Waals surface area contributed by atoms with Gasteiger partial charge in [-0.25, -0.2) is 9.97 Å². The standard InChI is InChI=1S/C23H32ClN5O2/c1-6-29(7-2)8-9-31-19-11-15(16(24)12-18(19)30-5)22-21-17(25)13-26-23(21)28-20(27-22)10-14(3)4/h11-14H,6-10,25H2,1-5H3,(H,26,27,28). The number of hydrogen-bond donors (Lipinski definition) is 2. The zero-order chi connectivity index (χ0) is 22.5. The number of anilines is 1. The van der Waals surface area contributed by atoms with E-state index in [0.29, 0.717) is 46.1 Å². The maximum absolute atomic E-state index is 6.67. The zero-order valence-electron chi connectivity index (χ0n) is 19.0. The van der Waals surface area contributed by atoms with Gasteiger partial charge in [-0.1, -0.05) is 39.3 Å². The van der Waals surface area contributed by atoms with E-state index in [1.165, 1.54) is 0 Å². The second-order valence-corrected chi connectivity index (χ2v) is 8.32. The van der Waals surface area contributed by atoms with Gasteiger partial charge in [0, 0.05) is 30.8 Å². The molecule has 0 amide bonds. The van der Waals surface area contributed by atoms with Gasteiger partial charge < -0.3 is 25.1 Å². The first-order chi connectivity index (χ1) is 14.9. The van der Waals surface area contributed by atoms with Crippen LogP contribution < -0.4 is 15.2 Å². The lowest BCUT2D eigenvalue weighted by atomic mass is 10.1. The van der Waals surface area contributed by atoms with Crippen LogP contribution in [-0.4, -0.2) is 53.2 Å². The van der Waals surface area contributed by atoms with Gasteiger partial charge in [-0.2, -0.15) is 0 Å². The summed E-state index contributed by atoms with van der Waals surface area (Å²) in [5.41, 5.74) is 8.96. The molecular weight excluding hydrogens is 414 g/mol. The van der Waals surface area contributed by atoms with Gasteiger partial charge in [-0.3, -0.25) is 0 Å². The van der Waals surface area contributed by atoms with Crippen molar-refractivity contribution in [2.75, 3.05) is 39.1 Å². The lowest BCUT2D eigenvalue weighted by molar-refractivity contribution is 0.217. The van der Waals surface area contributed by atoms with Gasteiger partial charge in [-0.15, -0.1) is 0 Å². The summed E-state index contributed by atoms with van der Waals surface area (Å²) in [6.45, 7) is 11.9. The number of ether oxygens (including phenoxy) is 2. The van der Waals surface area contributed by atoms with Gasteiger partial charge in [0.15, 0.2) is 11.5 Å². The predicted molar refractivity (Wildman–Crippen MR) is 127 cm³/mol. The minimum absolute atomic E-state index is 0.419. The molecule has 0 aliphatic carbocycles. The normalized spacial score (nSPS) is 11.6. The molecule has 0 spiro atoms. The molecule has 0 bridgehead atoms. The number of nitrogens with two attached hydrogens (primary N) is 1. The van der Waals surface area contributed by atoms with Gasteiger partial charge in [0.2, 0.25) is 0 Å². The molecule has 168 valence electrons. The summed E-state index contributed by atoms with van der Waals surface area (Å²) in [4.78, 5) is 14.9. The second-order valence-electron chi connectivity index (χ2n) is 7.91. The first kappa shape index (κ1) is 23.2. The fraction of sp³-hybridized carbons (Fsp3) is 0.478. The summed E-state index contributed by atoms with van der Waals surface area (Å²) in [7, 11) is 1.61. The van der Waals surface area contributed by atoms with E-state index in [1.54, 1.807) is 19.4 Å². The number of nitrogens with one attached hydrogen (secondary N) is 1. The van der Waals surface area contributed by atoms with Crippen molar-refractivity contribution in [3.63, 3.8) is 0 Å². The molecule has 3 N–H and O–H groups in total. The smallest absolute Gasteiger partial charge is 0.162 e. The number of aromatic amines is 1. The van der Waals surface area contributed by atoms with E-state index in [9.17, 15) is 0 Å². The van der Waals surface area contributed by atoms with Crippen molar-refractivity contribution < 1.29 is 9.47 Å². The SMILES string of the molecule is CCN(CC)CCOc1cc(-c2nc(CC(C)C)nc3[nH]cc(N)c23)c(Cl)cc1OC. The highest BCUT2D eigenvalue weighted by atomic mass is 35.5. The third-order valence-corrected chi connectivity index (χ3v) is 5.58. The van der Waals surface area contributed by atoms with Crippen LogP contribution in [0.5, 0.6) is 11.5 Å². The summed E-state index contributed by atoms with van der Waals surface area (Å²) < 4.78 is 11.6. The Bertz CT molecular complexity index is 1030. The molecule has 2 heterocycles. The monoisotopic (exact) mass is 445 g/mol. The number of aromatic nitrogens is 3. The maximum Gasteiger partial charge on any atom is 0.162 e. The lowest BCUT2D eigenvalue weighted by Crippen LogP contribution is -2.27. The lowest BCUT2D eigenvalue weighted by Gasteiger charge is -2.19. The van der Waals surface area contributed by atoms with E-state index in [-0.39, 0.29) is 0 Å². The topological polar surface area (TPSA) is 89.3 Å². The first-order valence-electron chi connectivity index (χ1n) is 10.7. The number of likely N-dealkylation sites (N-methyl/N-ethyl adjacent to an activating group) is 1. The molecule has 7 nitrogen and oxygen atoms in total. The Hall–Kier alpha value is -2.51. The third-order valence-electron chi connectivity index (χ3n) is 5.27. The highest BCUT2D eigenvalue weighted by molar-refractivity contribution is 6.34. The van der Waals surface area contributed by atoms with Crippen LogP contribution in [0.1, 0.15) is 33.5 Å². The number of hydrogen-bond acceptors (Lipinski definition) is 6. The number of H-pyrrole nitrogens is 1. The summed E-state index contributed by atoms with van der Waals surface area (Å²) >= 11 is 6.67. The highest BCUT2D eigenvalue weighted by Gasteiger charge is 2.20. The molecule has 0 atom stereocenters. The van der Waals surface area contributed by atoms with Crippen LogP contribution in [-0.2, 0) is 6.42 Å². The molecule has 0 fully saturated rings. The zero-order valence-corrected chi connectivity index (χ0v) is 19.7. The largest absolute Gasteiger partial charge is 0.493 e. The summed E-state index contributed by atoms with van der Waals surface area (Å²) in [5, 5.41) is 1.28. The van der Waals surface area contributed by atoms with Crippen molar-refractivity contribution in [3.05, 3.63) is 29.2 Å². The Morgan fingerprint density at radius 3 is 2.55 bits per heavy atom. The molecule has 8 heteroatoms. The van der Waals surface area contributed by atoms with Crippen LogP contribution in [0.4, 0.5) is 5.69 Å². The summed E-state index contributed by atoms with van der Waals surface area (Å²) in [6, 6.07) is 3.65. The molecule has 0 aliphatic rings. The number of fused-ring (bicyclic) bond motifs is 1. The van der Waals surface area contributed by atoms with Crippen LogP contribution in [0.25, 0.3) is 22.3 Å². The van der Waals surface area contributed by atoms with Crippen molar-refractivity contribution in [2.24, 2.45) is 5.92 Å². The Labute approximate surface area is 188 Å². The van der Waals surface area contributed by atoms with E-state index >= 15 is 0 Å². The fourth-order valence-corrected chi connectivity index (χ4v) is 3.81. The third kappa shape index (κ3) is 5.22. The van der Waals surface area contributed by atoms with Crippen molar-refractivity contribution in [1.82, 2.24) is 19.9 Å². The van der Waals surface area contributed by atoms with Crippen LogP contribution in [0, 0.1) is 5.92 Å². The van der Waals surface area contributed by atoms with E-state index in [0.717, 1.165) is 42.8 Å². The van der Waals surface area contributed by atoms with Crippen LogP contribution in [0.3, 0.4) is 0 Å². The van der Waals surface area contributed by atoms with Crippen LogP contribution in [0.15, 0.2) is 18.3 Å². The van der Waals surface area contributed by atoms with E-state index in [1.807, 2.05) is 6.07 Å². The molecule has 31 heavy (non-hydrogen) atoms. The Balaban J connectivity index is 2.05. The van der Waals surface area contributed by atoms with Gasteiger partial charge in [-0.05, 0) is 25.1 Å². The van der Waals surface area contributed by atoms with E-state index in [2.05, 4.69) is 42.6 Å². The molecule has 0 saturated carbocycles. The Morgan fingerprint density at radius 2 is 1.90 bits per heavy atom. The number of benzene rings is 1. The van der Waals surface area contributed by atoms with E-state index in [4.69, 9.17) is 31.8 Å². The number of nitrogens with zero attached hydrogens (tertiary/aromatic N) is 3. The molecule has 0 saturated heterocycles. The highest BCUT2D eigenvalue weighted by Crippen LogP contribution is 2.41. The predicted octanol–water partition coefficient (Wildman–Crippen LogP) is 4.79. The average molecular weight is 446 g/mol. The van der Waals surface area contributed by atoms with Gasteiger partial charge >= 0.3 is 0 Å². The van der Waals surface area contributed by atoms with E-state index < -0.39 is 0 Å². The molecule has 3 rings (SSSR count). The van der Waals surface area contributed by atoms with Crippen LogP contribution in [0.2, 0.25) is 5.02 Å². The minimum atomic E-state index is 0.419. The Kier molecular flexibility index (Phi) is 7.62. The maximum atomic E-state index is 6.67. The van der Waals surface area contributed by atoms with Gasteiger partial charge in [0.1, 0.15) is 18.1 Å². The molecule has 2 aromatic heterocycles. The average Bonchev–Trinajstić information content (AvgIpc) is 3.11. The fourth-order valence-electron chi connectivity index (χ4n) is 3.57. The molecule has 0 unspecified atom stereocenters. The molecular formula is C23H32ClN5O2. The first-order valence-corrected chi connectivity index (χ1v) is 11.1. The number of methoxy groups -OCH3 is 1. The Morgan fingerprint density at radius 1 is 1.16 bits per heavy atom. The quantitative estimate of drug-likeness (QED) is 0.466. The number of nitrogen functional groups attached to an aromatic ring is 1. The minimum Gasteiger partial charge on any atom is -0.493 e. The summed E-state index contributed by atoms with van der Waals surface area (Å²) in [5.74, 6) is 2.38. The van der Waals surface area contributed by atoms with Crippen molar-refractivity contribution >= 4 is 28.3 Å². The van der Waals surface area contributed by atoms with Crippen molar-refractivity contribution in [1.29, 1.82) is 0 Å². The molecule has 0 aliphatic heterocycles. The molecule has 0 radical (unpaired) electrons. The number of halogens is 1. The van der Waals surface area contributed by atoms with Crippen molar-refractivity contribution in [3.8, 4) is 22.8 Å². The van der Waals surface area contributed by atoms with Crippen LogP contribution >= 0.6 is 11.6 Å². The summed E-state index contributed by atoms with van der Waals surface area (Å²) in [6.07, 6.45) is 2.49. The molecule has 3 aromatic rings. The van der Waals surface area contributed by atoms with Gasteiger partial charge in [0.25, 0.3) is 0 Å². The van der Waals surface area contributed by atoms with Crippen molar-refractivity contribution in [2.45, 2.75) is 34.1 Å².